The molecule has 2 amide bonds. The lowest BCUT2D eigenvalue weighted by atomic mass is 10.2. The van der Waals surface area contributed by atoms with Crippen LogP contribution in [0.4, 0.5) is 5.82 Å². The van der Waals surface area contributed by atoms with Gasteiger partial charge in [-0.1, -0.05) is 35.6 Å². The highest BCUT2D eigenvalue weighted by Gasteiger charge is 2.36. The van der Waals surface area contributed by atoms with Crippen LogP contribution < -0.4 is 14.4 Å². The summed E-state index contributed by atoms with van der Waals surface area (Å²) in [6.45, 7) is 4.61. The highest BCUT2D eigenvalue weighted by atomic mass is 32.2. The van der Waals surface area contributed by atoms with Crippen molar-refractivity contribution in [1.82, 2.24) is 14.2 Å². The lowest BCUT2D eigenvalue weighted by molar-refractivity contribution is -0.122. The average molecular weight is 578 g/mol. The molecule has 0 radical (unpaired) electrons. The summed E-state index contributed by atoms with van der Waals surface area (Å²) in [7, 11) is -6.70. The molecule has 198 valence electrons. The van der Waals surface area contributed by atoms with Gasteiger partial charge in [-0.15, -0.1) is 0 Å². The van der Waals surface area contributed by atoms with Crippen LogP contribution in [0.2, 0.25) is 0 Å². The van der Waals surface area contributed by atoms with Gasteiger partial charge in [0.15, 0.2) is 17.8 Å². The van der Waals surface area contributed by atoms with Crippen LogP contribution in [-0.4, -0.2) is 71.4 Å². The zero-order chi connectivity index (χ0) is 27.0. The summed E-state index contributed by atoms with van der Waals surface area (Å²) in [5.41, 5.74) is 1.56. The van der Waals surface area contributed by atoms with Crippen molar-refractivity contribution in [3.63, 3.8) is 0 Å². The number of rotatable bonds is 9. The van der Waals surface area contributed by atoms with Gasteiger partial charge < -0.3 is 18.8 Å². The number of carbonyl (C=O) groups excluding carboxylic acids is 2. The molecule has 0 spiro atoms. The van der Waals surface area contributed by atoms with Gasteiger partial charge in [-0.2, -0.15) is 0 Å². The third-order valence-corrected chi connectivity index (χ3v) is 8.60. The fourth-order valence-corrected chi connectivity index (χ4v) is 6.65. The van der Waals surface area contributed by atoms with Crippen LogP contribution >= 0.6 is 24.0 Å². The third kappa shape index (κ3) is 6.67. The zero-order valence-electron chi connectivity index (χ0n) is 19.9. The van der Waals surface area contributed by atoms with E-state index in [4.69, 9.17) is 17.0 Å². The first kappa shape index (κ1) is 28.2. The van der Waals surface area contributed by atoms with E-state index in [0.717, 1.165) is 29.3 Å². The summed E-state index contributed by atoms with van der Waals surface area (Å²) in [6, 6.07) is 1.82. The number of amides is 2. The number of aryl methyl sites for hydroxylation is 1. The van der Waals surface area contributed by atoms with Crippen LogP contribution in [0, 0.1) is 6.92 Å². The molecule has 1 N–H and O–H groups in total. The van der Waals surface area contributed by atoms with E-state index >= 15 is 0 Å². The molecule has 2 aliphatic heterocycles. The Bertz CT molecular complexity index is 1380. The van der Waals surface area contributed by atoms with Gasteiger partial charge in [0.2, 0.25) is 5.91 Å². The molecule has 2 aliphatic rings. The monoisotopic (exact) mass is 577 g/mol. The second-order valence-corrected chi connectivity index (χ2v) is 13.1. The molecular weight excluding hydrogens is 553 g/mol. The molecular formula is C20H25N4O8S4-. The van der Waals surface area contributed by atoms with Crippen LogP contribution in [-0.2, 0) is 36.8 Å². The van der Waals surface area contributed by atoms with Gasteiger partial charge in [0.1, 0.15) is 10.2 Å². The third-order valence-electron chi connectivity index (χ3n) is 5.34. The molecule has 16 heteroatoms. The molecule has 1 fully saturated rings. The average Bonchev–Trinajstić information content (AvgIpc) is 3.29. The quantitative estimate of drug-likeness (QED) is 0.253. The Hall–Kier alpha value is -2.40. The lowest BCUT2D eigenvalue weighted by Gasteiger charge is -2.26. The van der Waals surface area contributed by atoms with E-state index in [9.17, 15) is 31.0 Å². The minimum absolute atomic E-state index is 0.0444. The maximum absolute atomic E-state index is 12.7. The van der Waals surface area contributed by atoms with E-state index in [1.807, 2.05) is 24.6 Å². The van der Waals surface area contributed by atoms with Crippen LogP contribution in [0.25, 0.3) is 0 Å². The standard InChI is InChI=1S/C20H26N4O8S4/c1-12(9-16-19(26)24(20(33)34-16)11-35(27,28)21-14(3)25)5-6-17-23(7-8-36(29,30)31)18-15(32-17)10-13(2)22(18)4/h5,9-10,17H,6-8,11H2,1-4H3,(H,21,25)(H,29,30,31)/p-1/b12-5+,16-9+. The number of thiocarbonyl (C=S) groups is 1. The number of aromatic nitrogens is 1. The number of carbonyl (C=O) groups is 2. The minimum atomic E-state index is -4.43. The molecule has 0 aromatic carbocycles. The van der Waals surface area contributed by atoms with Gasteiger partial charge in [-0.25, -0.2) is 16.8 Å². The van der Waals surface area contributed by atoms with Gasteiger partial charge in [0.05, 0.1) is 20.8 Å². The fourth-order valence-electron chi connectivity index (χ4n) is 3.67. The molecule has 3 heterocycles. The van der Waals surface area contributed by atoms with E-state index in [2.05, 4.69) is 0 Å². The van der Waals surface area contributed by atoms with E-state index in [1.165, 1.54) is 0 Å². The van der Waals surface area contributed by atoms with Crippen LogP contribution in [0.3, 0.4) is 0 Å². The molecule has 0 bridgehead atoms. The van der Waals surface area contributed by atoms with Crippen LogP contribution in [0.5, 0.6) is 5.75 Å². The van der Waals surface area contributed by atoms with Crippen LogP contribution in [0.1, 0.15) is 26.0 Å². The first-order valence-corrected chi connectivity index (χ1v) is 15.0. The first-order valence-electron chi connectivity index (χ1n) is 10.5. The number of thioether (sulfide) groups is 1. The fraction of sp³-hybridized carbons (Fsp3) is 0.450. The molecule has 1 unspecified atom stereocenters. The number of nitrogens with one attached hydrogen (secondary N) is 1. The van der Waals surface area contributed by atoms with Crippen molar-refractivity contribution >= 4 is 66.1 Å². The Kier molecular flexibility index (Phi) is 8.24. The number of hydrogen-bond acceptors (Lipinski definition) is 11. The highest BCUT2D eigenvalue weighted by Crippen LogP contribution is 2.40. The van der Waals surface area contributed by atoms with Crippen molar-refractivity contribution < 1.29 is 35.7 Å². The SMILES string of the molecule is CC(=O)NS(=O)(=O)CN1C(=O)/C(=C\C(C)=C\CC2Oc3cc(C)n(C)c3N2CCS(=O)(=O)[O-])SC1=S. The predicted octanol–water partition coefficient (Wildman–Crippen LogP) is 0.908. The van der Waals surface area contributed by atoms with E-state index in [-0.39, 0.29) is 15.8 Å². The maximum Gasteiger partial charge on any atom is 0.267 e. The van der Waals surface area contributed by atoms with Gasteiger partial charge in [-0.3, -0.25) is 19.2 Å². The van der Waals surface area contributed by atoms with Crippen molar-refractivity contribution in [2.24, 2.45) is 7.05 Å². The molecule has 1 saturated heterocycles. The van der Waals surface area contributed by atoms with Crippen molar-refractivity contribution in [3.8, 4) is 5.75 Å². The topological polar surface area (TPSA) is 158 Å². The Labute approximate surface area is 219 Å². The number of fused-ring (bicyclic) bond motifs is 1. The molecule has 3 rings (SSSR count). The summed E-state index contributed by atoms with van der Waals surface area (Å²) >= 11 is 6.07. The van der Waals surface area contributed by atoms with Crippen molar-refractivity contribution in [2.45, 2.75) is 33.4 Å². The molecule has 1 aromatic heterocycles. The Morgan fingerprint density at radius 3 is 2.58 bits per heavy atom. The number of allylic oxidation sites excluding steroid dienone is 2. The van der Waals surface area contributed by atoms with E-state index < -0.39 is 49.8 Å². The Morgan fingerprint density at radius 2 is 1.97 bits per heavy atom. The molecule has 12 nitrogen and oxygen atoms in total. The molecule has 0 saturated carbocycles. The lowest BCUT2D eigenvalue weighted by Crippen LogP contribution is -2.40. The highest BCUT2D eigenvalue weighted by molar-refractivity contribution is 8.26. The minimum Gasteiger partial charge on any atom is -0.748 e. The molecule has 1 aromatic rings. The van der Waals surface area contributed by atoms with Crippen LogP contribution in [0.15, 0.2) is 28.7 Å². The summed E-state index contributed by atoms with van der Waals surface area (Å²) < 4.78 is 67.4. The van der Waals surface area contributed by atoms with Gasteiger partial charge in [0, 0.05) is 38.7 Å². The second-order valence-electron chi connectivity index (χ2n) is 8.26. The summed E-state index contributed by atoms with van der Waals surface area (Å²) in [4.78, 5) is 26.6. The summed E-state index contributed by atoms with van der Waals surface area (Å²) in [5, 5.41) is 0. The summed E-state index contributed by atoms with van der Waals surface area (Å²) in [5.74, 6) is -1.48. The predicted molar refractivity (Wildman–Crippen MR) is 138 cm³/mol. The van der Waals surface area contributed by atoms with E-state index in [0.29, 0.717) is 23.6 Å². The van der Waals surface area contributed by atoms with Crippen molar-refractivity contribution in [2.75, 3.05) is 23.1 Å². The number of sulfonamides is 1. The normalized spacial score (nSPS) is 19.8. The Balaban J connectivity index is 1.74. The largest absolute Gasteiger partial charge is 0.748 e. The number of ether oxygens (including phenoxy) is 1. The number of nitrogens with zero attached hydrogens (tertiary/aromatic N) is 3. The Morgan fingerprint density at radius 1 is 1.31 bits per heavy atom. The van der Waals surface area contributed by atoms with Gasteiger partial charge in [0.25, 0.3) is 15.9 Å². The second kappa shape index (κ2) is 10.5. The van der Waals surface area contributed by atoms with Gasteiger partial charge in [-0.05, 0) is 19.9 Å². The first-order chi connectivity index (χ1) is 16.6. The number of hydrogen-bond donors (Lipinski definition) is 1. The zero-order valence-corrected chi connectivity index (χ0v) is 23.1. The maximum atomic E-state index is 12.7. The smallest absolute Gasteiger partial charge is 0.267 e. The summed E-state index contributed by atoms with van der Waals surface area (Å²) in [6.07, 6.45) is 3.09. The number of anilines is 1. The van der Waals surface area contributed by atoms with E-state index in [1.54, 1.807) is 28.7 Å². The van der Waals surface area contributed by atoms with Crippen molar-refractivity contribution in [1.29, 1.82) is 0 Å². The van der Waals surface area contributed by atoms with Crippen molar-refractivity contribution in [3.05, 3.63) is 34.4 Å². The molecule has 0 aliphatic carbocycles. The molecule has 1 atom stereocenters. The van der Waals surface area contributed by atoms with Gasteiger partial charge >= 0.3 is 0 Å². The molecule has 36 heavy (non-hydrogen) atoms.